The molecule has 16 heavy (non-hydrogen) atoms. The van der Waals surface area contributed by atoms with Crippen LogP contribution in [0.3, 0.4) is 0 Å². The van der Waals surface area contributed by atoms with Gasteiger partial charge in [-0.1, -0.05) is 11.6 Å². The fraction of sp³-hybridized carbons (Fsp3) is 0.417. The Morgan fingerprint density at radius 2 is 2.19 bits per heavy atom. The number of carbonyl (C=O) groups is 1. The molecular formula is C12H14ClNO2. The van der Waals surface area contributed by atoms with Gasteiger partial charge in [0.25, 0.3) is 0 Å². The summed E-state index contributed by atoms with van der Waals surface area (Å²) in [4.78, 5) is 12.1. The first-order chi connectivity index (χ1) is 7.57. The topological polar surface area (TPSA) is 52.3 Å². The first-order valence-electron chi connectivity index (χ1n) is 5.24. The number of nitrogens with two attached hydrogens (primary N) is 1. The normalized spacial score (nSPS) is 17.7. The molecule has 1 aliphatic carbocycles. The van der Waals surface area contributed by atoms with Crippen LogP contribution in [0.2, 0.25) is 5.02 Å². The lowest BCUT2D eigenvalue weighted by atomic mass is 9.73. The van der Waals surface area contributed by atoms with E-state index in [-0.39, 0.29) is 5.78 Å². The molecule has 1 aliphatic rings. The van der Waals surface area contributed by atoms with Crippen LogP contribution >= 0.6 is 11.6 Å². The molecule has 2 N–H and O–H groups in total. The van der Waals surface area contributed by atoms with E-state index >= 15 is 0 Å². The van der Waals surface area contributed by atoms with Crippen molar-refractivity contribution in [1.29, 1.82) is 0 Å². The lowest BCUT2D eigenvalue weighted by molar-refractivity contribution is 0.0800. The minimum Gasteiger partial charge on any atom is -0.495 e. The lowest BCUT2D eigenvalue weighted by Crippen LogP contribution is -2.53. The summed E-state index contributed by atoms with van der Waals surface area (Å²) in [6.07, 6.45) is 2.54. The van der Waals surface area contributed by atoms with E-state index in [0.29, 0.717) is 16.3 Å². The summed E-state index contributed by atoms with van der Waals surface area (Å²) in [6.45, 7) is 0. The van der Waals surface area contributed by atoms with Gasteiger partial charge >= 0.3 is 0 Å². The molecule has 2 rings (SSSR count). The third kappa shape index (κ3) is 1.81. The SMILES string of the molecule is COc1cc(C(=O)C2(N)CCC2)ccc1Cl. The van der Waals surface area contributed by atoms with Crippen LogP contribution in [-0.4, -0.2) is 18.4 Å². The average molecular weight is 240 g/mol. The van der Waals surface area contributed by atoms with Gasteiger partial charge < -0.3 is 10.5 Å². The molecule has 0 unspecified atom stereocenters. The first-order valence-corrected chi connectivity index (χ1v) is 5.62. The molecule has 0 radical (unpaired) electrons. The van der Waals surface area contributed by atoms with Crippen molar-refractivity contribution in [3.8, 4) is 5.75 Å². The number of methoxy groups -OCH3 is 1. The fourth-order valence-electron chi connectivity index (χ4n) is 1.87. The summed E-state index contributed by atoms with van der Waals surface area (Å²) in [6, 6.07) is 5.01. The Kier molecular flexibility index (Phi) is 2.91. The third-order valence-electron chi connectivity index (χ3n) is 3.11. The molecule has 0 bridgehead atoms. The van der Waals surface area contributed by atoms with E-state index in [2.05, 4.69) is 0 Å². The van der Waals surface area contributed by atoms with Gasteiger partial charge in [-0.2, -0.15) is 0 Å². The second kappa shape index (κ2) is 4.07. The largest absolute Gasteiger partial charge is 0.495 e. The zero-order chi connectivity index (χ0) is 11.8. The van der Waals surface area contributed by atoms with Gasteiger partial charge in [0.15, 0.2) is 5.78 Å². The molecule has 3 nitrogen and oxygen atoms in total. The molecule has 86 valence electrons. The van der Waals surface area contributed by atoms with Crippen LogP contribution in [0.25, 0.3) is 0 Å². The molecule has 0 aliphatic heterocycles. The molecule has 0 atom stereocenters. The Hall–Kier alpha value is -1.06. The maximum atomic E-state index is 12.1. The van der Waals surface area contributed by atoms with Crippen molar-refractivity contribution in [3.63, 3.8) is 0 Å². The third-order valence-corrected chi connectivity index (χ3v) is 3.42. The highest BCUT2D eigenvalue weighted by molar-refractivity contribution is 6.32. The second-order valence-corrected chi connectivity index (χ2v) is 4.60. The number of hydrogen-bond donors (Lipinski definition) is 1. The molecule has 0 amide bonds. The molecule has 1 aromatic rings. The maximum absolute atomic E-state index is 12.1. The highest BCUT2D eigenvalue weighted by Gasteiger charge is 2.40. The fourth-order valence-corrected chi connectivity index (χ4v) is 2.07. The second-order valence-electron chi connectivity index (χ2n) is 4.19. The van der Waals surface area contributed by atoms with Crippen LogP contribution in [-0.2, 0) is 0 Å². The first kappa shape index (κ1) is 11.4. The van der Waals surface area contributed by atoms with Crippen molar-refractivity contribution in [3.05, 3.63) is 28.8 Å². The van der Waals surface area contributed by atoms with Crippen molar-refractivity contribution in [2.24, 2.45) is 5.73 Å². The van der Waals surface area contributed by atoms with Gasteiger partial charge in [0, 0.05) is 5.56 Å². The van der Waals surface area contributed by atoms with Crippen LogP contribution < -0.4 is 10.5 Å². The van der Waals surface area contributed by atoms with Crippen molar-refractivity contribution in [2.75, 3.05) is 7.11 Å². The summed E-state index contributed by atoms with van der Waals surface area (Å²) >= 11 is 5.90. The van der Waals surface area contributed by atoms with Crippen molar-refractivity contribution in [1.82, 2.24) is 0 Å². The van der Waals surface area contributed by atoms with Gasteiger partial charge in [0.05, 0.1) is 17.7 Å². The van der Waals surface area contributed by atoms with Crippen LogP contribution in [0.5, 0.6) is 5.75 Å². The van der Waals surface area contributed by atoms with Gasteiger partial charge in [-0.05, 0) is 37.5 Å². The van der Waals surface area contributed by atoms with Crippen molar-refractivity contribution < 1.29 is 9.53 Å². The van der Waals surface area contributed by atoms with Gasteiger partial charge in [0.2, 0.25) is 0 Å². The standard InChI is InChI=1S/C12H14ClNO2/c1-16-10-7-8(3-4-9(10)13)11(15)12(14)5-2-6-12/h3-4,7H,2,5-6,14H2,1H3. The molecule has 1 aromatic carbocycles. The molecule has 1 fully saturated rings. The number of benzene rings is 1. The Morgan fingerprint density at radius 1 is 1.50 bits per heavy atom. The van der Waals surface area contributed by atoms with E-state index < -0.39 is 5.54 Å². The average Bonchev–Trinajstić information content (AvgIpc) is 2.25. The number of hydrogen-bond acceptors (Lipinski definition) is 3. The van der Waals surface area contributed by atoms with Crippen molar-refractivity contribution in [2.45, 2.75) is 24.8 Å². The summed E-state index contributed by atoms with van der Waals surface area (Å²) in [5.74, 6) is 0.490. The number of rotatable bonds is 3. The van der Waals surface area contributed by atoms with Crippen LogP contribution in [0, 0.1) is 0 Å². The smallest absolute Gasteiger partial charge is 0.182 e. The maximum Gasteiger partial charge on any atom is 0.182 e. The predicted octanol–water partition coefficient (Wildman–Crippen LogP) is 2.41. The molecule has 4 heteroatoms. The van der Waals surface area contributed by atoms with Gasteiger partial charge in [-0.25, -0.2) is 0 Å². The molecule has 1 saturated carbocycles. The zero-order valence-corrected chi connectivity index (χ0v) is 9.88. The highest BCUT2D eigenvalue weighted by Crippen LogP contribution is 2.34. The summed E-state index contributed by atoms with van der Waals surface area (Å²) < 4.78 is 5.08. The summed E-state index contributed by atoms with van der Waals surface area (Å²) in [7, 11) is 1.52. The summed E-state index contributed by atoms with van der Waals surface area (Å²) in [5.41, 5.74) is 5.89. The minimum absolute atomic E-state index is 0.0197. The predicted molar refractivity (Wildman–Crippen MR) is 63.1 cm³/mol. The Balaban J connectivity index is 2.30. The molecule has 0 aromatic heterocycles. The van der Waals surface area contributed by atoms with Crippen molar-refractivity contribution >= 4 is 17.4 Å². The Bertz CT molecular complexity index is 427. The number of halogens is 1. The monoisotopic (exact) mass is 239 g/mol. The van der Waals surface area contributed by atoms with E-state index in [0.717, 1.165) is 19.3 Å². The number of carbonyl (C=O) groups excluding carboxylic acids is 1. The van der Waals surface area contributed by atoms with Gasteiger partial charge in [-0.15, -0.1) is 0 Å². The van der Waals surface area contributed by atoms with Gasteiger partial charge in [0.1, 0.15) is 5.75 Å². The van der Waals surface area contributed by atoms with E-state index in [9.17, 15) is 4.79 Å². The minimum atomic E-state index is -0.668. The van der Waals surface area contributed by atoms with E-state index in [1.807, 2.05) is 0 Å². The number of ether oxygens (including phenoxy) is 1. The summed E-state index contributed by atoms with van der Waals surface area (Å²) in [5, 5.41) is 0.499. The van der Waals surface area contributed by atoms with Crippen LogP contribution in [0.15, 0.2) is 18.2 Å². The molecular weight excluding hydrogens is 226 g/mol. The van der Waals surface area contributed by atoms with Gasteiger partial charge in [-0.3, -0.25) is 4.79 Å². The quantitative estimate of drug-likeness (QED) is 0.825. The number of ketones is 1. The lowest BCUT2D eigenvalue weighted by Gasteiger charge is -2.36. The zero-order valence-electron chi connectivity index (χ0n) is 9.13. The Morgan fingerprint density at radius 3 is 2.69 bits per heavy atom. The molecule has 0 spiro atoms. The number of Topliss-reactive ketones (excluding diaryl/α,β-unsaturated/α-hetero) is 1. The highest BCUT2D eigenvalue weighted by atomic mass is 35.5. The Labute approximate surface area is 99.5 Å². The molecule has 0 saturated heterocycles. The van der Waals surface area contributed by atoms with E-state index in [1.54, 1.807) is 18.2 Å². The molecule has 0 heterocycles. The van der Waals surface area contributed by atoms with Crippen LogP contribution in [0.4, 0.5) is 0 Å². The van der Waals surface area contributed by atoms with E-state index in [4.69, 9.17) is 22.1 Å². The van der Waals surface area contributed by atoms with E-state index in [1.165, 1.54) is 7.11 Å². The van der Waals surface area contributed by atoms with Crippen LogP contribution in [0.1, 0.15) is 29.6 Å².